The maximum atomic E-state index is 8.76. The lowest BCUT2D eigenvalue weighted by Crippen LogP contribution is -2.18. The van der Waals surface area contributed by atoms with Gasteiger partial charge in [0.1, 0.15) is 6.04 Å². The van der Waals surface area contributed by atoms with Crippen molar-refractivity contribution in [3.63, 3.8) is 0 Å². The van der Waals surface area contributed by atoms with Gasteiger partial charge in [0.15, 0.2) is 0 Å². The van der Waals surface area contributed by atoms with E-state index < -0.39 is 0 Å². The van der Waals surface area contributed by atoms with Crippen LogP contribution in [-0.2, 0) is 0 Å². The molecule has 0 spiro atoms. The lowest BCUT2D eigenvalue weighted by Gasteiger charge is -2.14. The Labute approximate surface area is 66.3 Å². The molecule has 1 aromatic heterocycles. The van der Waals surface area contributed by atoms with Crippen molar-refractivity contribution in [2.24, 2.45) is 0 Å². The third-order valence-electron chi connectivity index (χ3n) is 1.56. The summed E-state index contributed by atoms with van der Waals surface area (Å²) < 4.78 is 0. The Morgan fingerprint density at radius 2 is 2.36 bits per heavy atom. The van der Waals surface area contributed by atoms with Gasteiger partial charge in [-0.1, -0.05) is 0 Å². The molecule has 0 aromatic carbocycles. The fourth-order valence-corrected chi connectivity index (χ4v) is 0.977. The van der Waals surface area contributed by atoms with E-state index in [0.717, 1.165) is 5.69 Å². The standard InChI is InChI=1S/C8H11N3/c1-11(2)8(6-9)7-4-3-5-10-7/h3-5,8,10H,1-2H3/t8-/m1/s1. The smallest absolute Gasteiger partial charge is 0.138 e. The molecule has 3 heteroatoms. The second-order valence-electron chi connectivity index (χ2n) is 2.62. The SMILES string of the molecule is CN(C)[C@H](C#N)c1ccc[nH]1. The summed E-state index contributed by atoms with van der Waals surface area (Å²) >= 11 is 0. The largest absolute Gasteiger partial charge is 0.363 e. The summed E-state index contributed by atoms with van der Waals surface area (Å²) in [5.74, 6) is 0. The number of nitrogens with one attached hydrogen (secondary N) is 1. The molecule has 1 atom stereocenters. The molecular weight excluding hydrogens is 138 g/mol. The normalized spacial score (nSPS) is 12.9. The van der Waals surface area contributed by atoms with Gasteiger partial charge < -0.3 is 4.98 Å². The van der Waals surface area contributed by atoms with Gasteiger partial charge in [-0.2, -0.15) is 5.26 Å². The predicted octanol–water partition coefficient (Wildman–Crippen LogP) is 1.14. The molecule has 11 heavy (non-hydrogen) atoms. The van der Waals surface area contributed by atoms with Gasteiger partial charge >= 0.3 is 0 Å². The molecule has 0 amide bonds. The average molecular weight is 149 g/mol. The van der Waals surface area contributed by atoms with Crippen LogP contribution in [0.4, 0.5) is 0 Å². The van der Waals surface area contributed by atoms with Gasteiger partial charge in [0.2, 0.25) is 0 Å². The summed E-state index contributed by atoms with van der Waals surface area (Å²) in [6, 6.07) is 5.84. The van der Waals surface area contributed by atoms with Crippen LogP contribution < -0.4 is 0 Å². The highest BCUT2D eigenvalue weighted by atomic mass is 15.1. The van der Waals surface area contributed by atoms with Gasteiger partial charge in [-0.25, -0.2) is 0 Å². The Morgan fingerprint density at radius 1 is 1.64 bits per heavy atom. The van der Waals surface area contributed by atoms with Gasteiger partial charge in [-0.05, 0) is 26.2 Å². The molecule has 58 valence electrons. The molecule has 1 aromatic rings. The molecule has 0 aliphatic rings. The molecule has 0 bridgehead atoms. The molecular formula is C8H11N3. The molecule has 0 fully saturated rings. The summed E-state index contributed by atoms with van der Waals surface area (Å²) in [5, 5.41) is 8.76. The van der Waals surface area contributed by atoms with Crippen LogP contribution in [0.2, 0.25) is 0 Å². The minimum absolute atomic E-state index is 0.162. The number of hydrogen-bond donors (Lipinski definition) is 1. The van der Waals surface area contributed by atoms with Crippen LogP contribution in [0.1, 0.15) is 11.7 Å². The Morgan fingerprint density at radius 3 is 2.73 bits per heavy atom. The predicted molar refractivity (Wildman–Crippen MR) is 42.8 cm³/mol. The second-order valence-corrected chi connectivity index (χ2v) is 2.62. The lowest BCUT2D eigenvalue weighted by molar-refractivity contribution is 0.353. The van der Waals surface area contributed by atoms with Gasteiger partial charge in [-0.15, -0.1) is 0 Å². The van der Waals surface area contributed by atoms with Crippen LogP contribution in [0.5, 0.6) is 0 Å². The summed E-state index contributed by atoms with van der Waals surface area (Å²) in [5.41, 5.74) is 0.942. The number of aromatic amines is 1. The fraction of sp³-hybridized carbons (Fsp3) is 0.375. The maximum absolute atomic E-state index is 8.76. The van der Waals surface area contributed by atoms with E-state index in [1.807, 2.05) is 37.3 Å². The minimum Gasteiger partial charge on any atom is -0.363 e. The zero-order valence-corrected chi connectivity index (χ0v) is 6.70. The molecule has 3 nitrogen and oxygen atoms in total. The van der Waals surface area contributed by atoms with E-state index >= 15 is 0 Å². The molecule has 0 unspecified atom stereocenters. The van der Waals surface area contributed by atoms with Crippen molar-refractivity contribution in [1.82, 2.24) is 9.88 Å². The van der Waals surface area contributed by atoms with E-state index in [1.165, 1.54) is 0 Å². The molecule has 0 aliphatic heterocycles. The fourth-order valence-electron chi connectivity index (χ4n) is 0.977. The van der Waals surface area contributed by atoms with Crippen LogP contribution in [0, 0.1) is 11.3 Å². The lowest BCUT2D eigenvalue weighted by atomic mass is 10.2. The Kier molecular flexibility index (Phi) is 2.29. The first-order valence-corrected chi connectivity index (χ1v) is 3.45. The summed E-state index contributed by atoms with van der Waals surface area (Å²) in [4.78, 5) is 4.87. The van der Waals surface area contributed by atoms with Gasteiger partial charge in [-0.3, -0.25) is 4.90 Å². The van der Waals surface area contributed by atoms with Crippen molar-refractivity contribution in [3.05, 3.63) is 24.0 Å². The molecule has 1 rings (SSSR count). The third-order valence-corrected chi connectivity index (χ3v) is 1.56. The van der Waals surface area contributed by atoms with Gasteiger partial charge in [0.05, 0.1) is 6.07 Å². The number of rotatable bonds is 2. The molecule has 0 radical (unpaired) electrons. The van der Waals surface area contributed by atoms with E-state index in [2.05, 4.69) is 11.1 Å². The van der Waals surface area contributed by atoms with Crippen molar-refractivity contribution < 1.29 is 0 Å². The van der Waals surface area contributed by atoms with Crippen molar-refractivity contribution >= 4 is 0 Å². The third kappa shape index (κ3) is 1.60. The monoisotopic (exact) mass is 149 g/mol. The Bertz CT molecular complexity index is 243. The minimum atomic E-state index is -0.162. The molecule has 0 saturated carbocycles. The van der Waals surface area contributed by atoms with Crippen molar-refractivity contribution in [3.8, 4) is 6.07 Å². The molecule has 0 saturated heterocycles. The van der Waals surface area contributed by atoms with Crippen LogP contribution >= 0.6 is 0 Å². The van der Waals surface area contributed by atoms with E-state index in [1.54, 1.807) is 0 Å². The Hall–Kier alpha value is -1.27. The van der Waals surface area contributed by atoms with Gasteiger partial charge in [0.25, 0.3) is 0 Å². The quantitative estimate of drug-likeness (QED) is 0.685. The second kappa shape index (κ2) is 3.22. The highest BCUT2D eigenvalue weighted by molar-refractivity contribution is 5.15. The molecule has 1 heterocycles. The summed E-state index contributed by atoms with van der Waals surface area (Å²) in [7, 11) is 3.77. The first-order valence-electron chi connectivity index (χ1n) is 3.45. The molecule has 1 N–H and O–H groups in total. The van der Waals surface area contributed by atoms with E-state index in [9.17, 15) is 0 Å². The number of aromatic nitrogens is 1. The highest BCUT2D eigenvalue weighted by Crippen LogP contribution is 2.13. The zero-order valence-electron chi connectivity index (χ0n) is 6.70. The first-order chi connectivity index (χ1) is 5.25. The Balaban J connectivity index is 2.82. The number of nitriles is 1. The summed E-state index contributed by atoms with van der Waals surface area (Å²) in [6.07, 6.45) is 1.82. The zero-order chi connectivity index (χ0) is 8.27. The number of H-pyrrole nitrogens is 1. The first kappa shape index (κ1) is 7.83. The van der Waals surface area contributed by atoms with Crippen molar-refractivity contribution in [2.45, 2.75) is 6.04 Å². The van der Waals surface area contributed by atoms with E-state index in [0.29, 0.717) is 0 Å². The average Bonchev–Trinajstić information content (AvgIpc) is 2.40. The van der Waals surface area contributed by atoms with Crippen molar-refractivity contribution in [1.29, 1.82) is 5.26 Å². The maximum Gasteiger partial charge on any atom is 0.138 e. The van der Waals surface area contributed by atoms with Crippen LogP contribution in [0.25, 0.3) is 0 Å². The number of hydrogen-bond acceptors (Lipinski definition) is 2. The van der Waals surface area contributed by atoms with Crippen LogP contribution in [0.15, 0.2) is 18.3 Å². The van der Waals surface area contributed by atoms with Gasteiger partial charge in [0, 0.05) is 11.9 Å². The number of nitrogens with zero attached hydrogens (tertiary/aromatic N) is 2. The van der Waals surface area contributed by atoms with E-state index in [4.69, 9.17) is 5.26 Å². The highest BCUT2D eigenvalue weighted by Gasteiger charge is 2.12. The van der Waals surface area contributed by atoms with Crippen LogP contribution in [0.3, 0.4) is 0 Å². The van der Waals surface area contributed by atoms with Crippen molar-refractivity contribution in [2.75, 3.05) is 14.1 Å². The van der Waals surface area contributed by atoms with Crippen LogP contribution in [-0.4, -0.2) is 24.0 Å². The topological polar surface area (TPSA) is 42.8 Å². The van der Waals surface area contributed by atoms with E-state index in [-0.39, 0.29) is 6.04 Å². The summed E-state index contributed by atoms with van der Waals surface area (Å²) in [6.45, 7) is 0. The molecule has 0 aliphatic carbocycles.